The number of halogens is 4. The van der Waals surface area contributed by atoms with E-state index >= 15 is 0 Å². The second kappa shape index (κ2) is 8.57. The van der Waals surface area contributed by atoms with Crippen molar-refractivity contribution in [2.45, 2.75) is 12.1 Å². The number of sulfonamides is 1. The van der Waals surface area contributed by atoms with Crippen molar-refractivity contribution in [3.63, 3.8) is 0 Å². The number of nitrogens with zero attached hydrogens (tertiary/aromatic N) is 2. The van der Waals surface area contributed by atoms with Crippen LogP contribution in [0.25, 0.3) is 21.3 Å². The van der Waals surface area contributed by atoms with Crippen LogP contribution < -0.4 is 9.46 Å². The first-order valence-electron chi connectivity index (χ1n) is 8.93. The Kier molecular flexibility index (Phi) is 5.97. The van der Waals surface area contributed by atoms with Crippen molar-refractivity contribution in [2.75, 3.05) is 4.72 Å². The molecule has 0 fully saturated rings. The Morgan fingerprint density at radius 3 is 2.66 bits per heavy atom. The standard InChI is InChI=1S/C20H13ClF3N3O3S2/c21-18-7-4-13(9-25-18)19-26-15(11-31-19)10-30-17-3-1-2-12-8-14(5-6-16(12)17)27-32(28,29)20(22,23)24/h1-9,11,27H,10H2. The molecule has 0 radical (unpaired) electrons. The predicted molar refractivity (Wildman–Crippen MR) is 117 cm³/mol. The maximum atomic E-state index is 12.6. The fourth-order valence-corrected chi connectivity index (χ4v) is 4.28. The third-order valence-electron chi connectivity index (χ3n) is 4.30. The molecule has 0 amide bonds. The second-order valence-corrected chi connectivity index (χ2v) is 9.46. The van der Waals surface area contributed by atoms with Gasteiger partial charge >= 0.3 is 15.5 Å². The molecule has 2 aromatic carbocycles. The Morgan fingerprint density at radius 2 is 1.94 bits per heavy atom. The van der Waals surface area contributed by atoms with Crippen molar-refractivity contribution in [2.24, 2.45) is 0 Å². The van der Waals surface area contributed by atoms with Crippen molar-refractivity contribution in [1.82, 2.24) is 9.97 Å². The molecule has 2 heterocycles. The Morgan fingerprint density at radius 1 is 1.12 bits per heavy atom. The van der Waals surface area contributed by atoms with Crippen LogP contribution in [0.15, 0.2) is 60.1 Å². The summed E-state index contributed by atoms with van der Waals surface area (Å²) >= 11 is 7.22. The summed E-state index contributed by atoms with van der Waals surface area (Å²) in [6.07, 6.45) is 1.63. The smallest absolute Gasteiger partial charge is 0.487 e. The molecule has 0 bridgehead atoms. The van der Waals surface area contributed by atoms with Crippen molar-refractivity contribution in [1.29, 1.82) is 0 Å². The Balaban J connectivity index is 1.51. The highest BCUT2D eigenvalue weighted by Gasteiger charge is 2.46. The van der Waals surface area contributed by atoms with Gasteiger partial charge in [-0.1, -0.05) is 23.7 Å². The molecule has 0 aliphatic rings. The number of hydrogen-bond acceptors (Lipinski definition) is 6. The maximum absolute atomic E-state index is 12.6. The van der Waals surface area contributed by atoms with Crippen LogP contribution in [0.4, 0.5) is 18.9 Å². The first-order valence-corrected chi connectivity index (χ1v) is 11.7. The Hall–Kier alpha value is -2.89. The number of rotatable bonds is 6. The molecule has 0 spiro atoms. The quantitative estimate of drug-likeness (QED) is 0.336. The van der Waals surface area contributed by atoms with Crippen molar-refractivity contribution in [3.8, 4) is 16.3 Å². The number of nitrogens with one attached hydrogen (secondary N) is 1. The second-order valence-electron chi connectivity index (χ2n) is 6.55. The van der Waals surface area contributed by atoms with Crippen molar-refractivity contribution >= 4 is 49.4 Å². The molecule has 0 atom stereocenters. The fourth-order valence-electron chi connectivity index (χ4n) is 2.82. The van der Waals surface area contributed by atoms with Crippen LogP contribution in [0.1, 0.15) is 5.69 Å². The highest BCUT2D eigenvalue weighted by molar-refractivity contribution is 7.93. The SMILES string of the molecule is O=S(=O)(Nc1ccc2c(OCc3csc(-c4ccc(Cl)nc4)n3)cccc2c1)C(F)(F)F. The van der Waals surface area contributed by atoms with E-state index in [1.54, 1.807) is 30.5 Å². The van der Waals surface area contributed by atoms with E-state index in [4.69, 9.17) is 16.3 Å². The molecule has 2 aromatic heterocycles. The van der Waals surface area contributed by atoms with Gasteiger partial charge in [-0.25, -0.2) is 9.97 Å². The van der Waals surface area contributed by atoms with E-state index in [1.807, 2.05) is 11.4 Å². The summed E-state index contributed by atoms with van der Waals surface area (Å²) < 4.78 is 67.9. The van der Waals surface area contributed by atoms with Crippen LogP contribution >= 0.6 is 22.9 Å². The number of ether oxygens (including phenoxy) is 1. The van der Waals surface area contributed by atoms with Gasteiger partial charge in [-0.15, -0.1) is 11.3 Å². The first kappa shape index (κ1) is 22.3. The summed E-state index contributed by atoms with van der Waals surface area (Å²) in [4.78, 5) is 8.54. The minimum Gasteiger partial charge on any atom is -0.487 e. The predicted octanol–water partition coefficient (Wildman–Crippen LogP) is 5.85. The summed E-state index contributed by atoms with van der Waals surface area (Å²) in [5, 5.41) is 4.11. The highest BCUT2D eigenvalue weighted by Crippen LogP contribution is 2.31. The topological polar surface area (TPSA) is 81.2 Å². The van der Waals surface area contributed by atoms with Gasteiger partial charge in [-0.05, 0) is 41.8 Å². The van der Waals surface area contributed by atoms with E-state index in [1.165, 1.54) is 34.3 Å². The van der Waals surface area contributed by atoms with Gasteiger partial charge in [0.05, 0.1) is 5.69 Å². The van der Waals surface area contributed by atoms with Gasteiger partial charge in [0, 0.05) is 28.2 Å². The normalized spacial score (nSPS) is 12.1. The van der Waals surface area contributed by atoms with E-state index in [2.05, 4.69) is 9.97 Å². The number of pyridine rings is 1. The number of benzene rings is 2. The largest absolute Gasteiger partial charge is 0.516 e. The number of alkyl halides is 3. The molecule has 4 aromatic rings. The fraction of sp³-hybridized carbons (Fsp3) is 0.100. The summed E-state index contributed by atoms with van der Waals surface area (Å²) in [7, 11) is -5.50. The third kappa shape index (κ3) is 4.79. The van der Waals surface area contributed by atoms with E-state index in [9.17, 15) is 21.6 Å². The van der Waals surface area contributed by atoms with Gasteiger partial charge < -0.3 is 4.74 Å². The number of anilines is 1. The molecule has 1 N–H and O–H groups in total. The molecule has 4 rings (SSSR count). The maximum Gasteiger partial charge on any atom is 0.516 e. The van der Waals surface area contributed by atoms with Gasteiger partial charge in [0.25, 0.3) is 0 Å². The Bertz CT molecular complexity index is 1370. The molecule has 32 heavy (non-hydrogen) atoms. The molecule has 0 aliphatic carbocycles. The van der Waals surface area contributed by atoms with Crippen molar-refractivity contribution < 1.29 is 26.3 Å². The van der Waals surface area contributed by atoms with Gasteiger partial charge in [0.2, 0.25) is 0 Å². The van der Waals surface area contributed by atoms with Crippen molar-refractivity contribution in [3.05, 3.63) is 71.0 Å². The van der Waals surface area contributed by atoms with Gasteiger partial charge in [0.15, 0.2) is 0 Å². The molecule has 12 heteroatoms. The number of fused-ring (bicyclic) bond motifs is 1. The zero-order chi connectivity index (χ0) is 22.9. The highest BCUT2D eigenvalue weighted by atomic mass is 35.5. The number of aromatic nitrogens is 2. The minimum absolute atomic E-state index is 0.166. The molecule has 0 saturated heterocycles. The van der Waals surface area contributed by atoms with E-state index < -0.39 is 15.5 Å². The molecule has 0 saturated carbocycles. The van der Waals surface area contributed by atoms with E-state index in [0.717, 1.165) is 10.6 Å². The lowest BCUT2D eigenvalue weighted by Gasteiger charge is -2.12. The lowest BCUT2D eigenvalue weighted by Crippen LogP contribution is -2.29. The van der Waals surface area contributed by atoms with Crippen LogP contribution in [0, 0.1) is 0 Å². The number of hydrogen-bond donors (Lipinski definition) is 1. The van der Waals surface area contributed by atoms with E-state index in [0.29, 0.717) is 27.4 Å². The number of thiazole rings is 1. The van der Waals surface area contributed by atoms with Crippen LogP contribution in [-0.4, -0.2) is 23.9 Å². The molecular formula is C20H13ClF3N3O3S2. The van der Waals surface area contributed by atoms with Crippen LogP contribution in [0.2, 0.25) is 5.15 Å². The van der Waals surface area contributed by atoms with Gasteiger partial charge in [-0.3, -0.25) is 4.72 Å². The van der Waals surface area contributed by atoms with E-state index in [-0.39, 0.29) is 12.3 Å². The average Bonchev–Trinajstić information content (AvgIpc) is 3.20. The van der Waals surface area contributed by atoms with Gasteiger partial charge in [0.1, 0.15) is 22.5 Å². The molecule has 0 unspecified atom stereocenters. The zero-order valence-corrected chi connectivity index (χ0v) is 18.3. The first-order chi connectivity index (χ1) is 15.1. The van der Waals surface area contributed by atoms with Crippen LogP contribution in [0.5, 0.6) is 5.75 Å². The van der Waals surface area contributed by atoms with Gasteiger partial charge in [-0.2, -0.15) is 21.6 Å². The summed E-state index contributed by atoms with van der Waals surface area (Å²) in [5.41, 5.74) is -4.09. The molecule has 6 nitrogen and oxygen atoms in total. The van der Waals surface area contributed by atoms with Crippen LogP contribution in [0.3, 0.4) is 0 Å². The summed E-state index contributed by atoms with van der Waals surface area (Å²) in [6.45, 7) is 0.166. The lowest BCUT2D eigenvalue weighted by molar-refractivity contribution is -0.0429. The third-order valence-corrected chi connectivity index (χ3v) is 6.58. The minimum atomic E-state index is -5.50. The molecular weight excluding hydrogens is 487 g/mol. The van der Waals surface area contributed by atoms with Crippen LogP contribution in [-0.2, 0) is 16.6 Å². The molecule has 166 valence electrons. The molecule has 0 aliphatic heterocycles. The average molecular weight is 500 g/mol. The summed E-state index contributed by atoms with van der Waals surface area (Å²) in [5.74, 6) is 0.482. The lowest BCUT2D eigenvalue weighted by atomic mass is 10.1. The Labute approximate surface area is 189 Å². The monoisotopic (exact) mass is 499 g/mol. The summed E-state index contributed by atoms with van der Waals surface area (Å²) in [6, 6.07) is 12.5. The zero-order valence-electron chi connectivity index (χ0n) is 15.9.